The second kappa shape index (κ2) is 9.56. The van der Waals surface area contributed by atoms with E-state index in [4.69, 9.17) is 5.73 Å². The third kappa shape index (κ3) is 5.14. The molecule has 1 fully saturated rings. The Labute approximate surface area is 175 Å². The minimum Gasteiger partial charge on any atom is -0.370 e. The molecule has 152 valence electrons. The van der Waals surface area contributed by atoms with E-state index in [0.717, 1.165) is 56.5 Å². The van der Waals surface area contributed by atoms with Crippen molar-refractivity contribution in [2.45, 2.75) is 25.9 Å². The van der Waals surface area contributed by atoms with Gasteiger partial charge in [0.2, 0.25) is 0 Å². The van der Waals surface area contributed by atoms with Crippen LogP contribution in [0.3, 0.4) is 0 Å². The molecule has 0 saturated carbocycles. The highest BCUT2D eigenvalue weighted by atomic mass is 32.1. The second-order valence-corrected chi connectivity index (χ2v) is 7.96. The molecule has 0 unspecified atom stereocenters. The van der Waals surface area contributed by atoms with Crippen molar-refractivity contribution in [3.8, 4) is 0 Å². The average molecular weight is 410 g/mol. The van der Waals surface area contributed by atoms with Crippen molar-refractivity contribution in [1.82, 2.24) is 19.4 Å². The van der Waals surface area contributed by atoms with E-state index in [0.29, 0.717) is 12.5 Å². The second-order valence-electron chi connectivity index (χ2n) is 7.09. The van der Waals surface area contributed by atoms with Crippen LogP contribution in [0.4, 0.5) is 5.13 Å². The van der Waals surface area contributed by atoms with Gasteiger partial charge in [-0.3, -0.25) is 0 Å². The lowest BCUT2D eigenvalue weighted by Gasteiger charge is -2.35. The maximum absolute atomic E-state index is 6.26. The fourth-order valence-electron chi connectivity index (χ4n) is 3.54. The molecule has 0 bridgehead atoms. The smallest absolute Gasteiger partial charge is 0.191 e. The van der Waals surface area contributed by atoms with Crippen LogP contribution in [0.2, 0.25) is 0 Å². The van der Waals surface area contributed by atoms with Gasteiger partial charge in [0, 0.05) is 56.7 Å². The molecule has 1 aromatic carbocycles. The fraction of sp³-hybridized carbons (Fsp3) is 0.381. The molecule has 1 saturated heterocycles. The number of nitrogens with zero attached hydrogens (tertiary/aromatic N) is 6. The van der Waals surface area contributed by atoms with Crippen molar-refractivity contribution in [3.05, 3.63) is 65.7 Å². The number of rotatable bonds is 7. The number of piperazine rings is 1. The molecule has 4 rings (SSSR count). The van der Waals surface area contributed by atoms with Gasteiger partial charge >= 0.3 is 0 Å². The van der Waals surface area contributed by atoms with Crippen molar-refractivity contribution in [3.63, 3.8) is 0 Å². The van der Waals surface area contributed by atoms with E-state index in [9.17, 15) is 0 Å². The number of imidazole rings is 1. The summed E-state index contributed by atoms with van der Waals surface area (Å²) in [5, 5.41) is 3.09. The van der Waals surface area contributed by atoms with Gasteiger partial charge in [-0.25, -0.2) is 15.0 Å². The number of anilines is 1. The lowest BCUT2D eigenvalue weighted by atomic mass is 10.1. The van der Waals surface area contributed by atoms with Gasteiger partial charge < -0.3 is 20.1 Å². The maximum Gasteiger partial charge on any atom is 0.191 e. The van der Waals surface area contributed by atoms with Gasteiger partial charge in [-0.15, -0.1) is 11.3 Å². The highest BCUT2D eigenvalue weighted by Crippen LogP contribution is 2.18. The summed E-state index contributed by atoms with van der Waals surface area (Å²) in [6.45, 7) is 5.00. The van der Waals surface area contributed by atoms with Crippen molar-refractivity contribution in [1.29, 1.82) is 0 Å². The lowest BCUT2D eigenvalue weighted by molar-refractivity contribution is 0.380. The molecular weight excluding hydrogens is 382 g/mol. The number of aromatic nitrogens is 3. The first kappa shape index (κ1) is 19.4. The Bertz CT molecular complexity index is 896. The molecule has 29 heavy (non-hydrogen) atoms. The first-order valence-electron chi connectivity index (χ1n) is 10.0. The van der Waals surface area contributed by atoms with Crippen molar-refractivity contribution < 1.29 is 0 Å². The van der Waals surface area contributed by atoms with Crippen LogP contribution in [-0.4, -0.2) is 51.6 Å². The molecule has 0 aliphatic carbocycles. The molecule has 0 spiro atoms. The number of aliphatic imine (C=N–C) groups is 1. The third-order valence-corrected chi connectivity index (χ3v) is 6.02. The number of hydrogen-bond donors (Lipinski definition) is 1. The summed E-state index contributed by atoms with van der Waals surface area (Å²) in [4.78, 5) is 17.9. The fourth-order valence-corrected chi connectivity index (χ4v) is 4.24. The number of thiazole rings is 1. The Balaban J connectivity index is 1.26. The predicted molar refractivity (Wildman–Crippen MR) is 118 cm³/mol. The number of benzene rings is 1. The quantitative estimate of drug-likeness (QED) is 0.480. The number of nitrogens with two attached hydrogens (primary N) is 1. The van der Waals surface area contributed by atoms with E-state index in [1.54, 1.807) is 11.3 Å². The Morgan fingerprint density at radius 1 is 1.07 bits per heavy atom. The van der Waals surface area contributed by atoms with Gasteiger partial charge in [0.15, 0.2) is 11.1 Å². The topological polar surface area (TPSA) is 75.6 Å². The zero-order valence-corrected chi connectivity index (χ0v) is 17.3. The van der Waals surface area contributed by atoms with Gasteiger partial charge in [-0.05, 0) is 18.4 Å². The van der Waals surface area contributed by atoms with E-state index in [2.05, 4.69) is 59.7 Å². The van der Waals surface area contributed by atoms with Crippen LogP contribution in [0.5, 0.6) is 0 Å². The molecule has 3 heterocycles. The van der Waals surface area contributed by atoms with Crippen molar-refractivity contribution in [2.75, 3.05) is 31.1 Å². The van der Waals surface area contributed by atoms with Crippen LogP contribution >= 0.6 is 11.3 Å². The van der Waals surface area contributed by atoms with Gasteiger partial charge in [-0.2, -0.15) is 0 Å². The van der Waals surface area contributed by atoms with Crippen LogP contribution < -0.4 is 10.6 Å². The van der Waals surface area contributed by atoms with E-state index in [-0.39, 0.29) is 0 Å². The standard InChI is InChI=1S/C21H27N7S/c22-20(27-12-14-28(15-13-27)21-24-9-16-29-21)25-17-19-23-8-11-26(19)10-4-7-18-5-2-1-3-6-18/h1-3,5-6,8-9,11,16H,4,7,10,12-15,17H2,(H2,22,25). The van der Waals surface area contributed by atoms with Gasteiger partial charge in [0.25, 0.3) is 0 Å². The molecule has 1 aliphatic heterocycles. The highest BCUT2D eigenvalue weighted by molar-refractivity contribution is 7.13. The summed E-state index contributed by atoms with van der Waals surface area (Å²) in [6, 6.07) is 10.6. The zero-order chi connectivity index (χ0) is 19.9. The Kier molecular flexibility index (Phi) is 6.41. The lowest BCUT2D eigenvalue weighted by Crippen LogP contribution is -2.51. The van der Waals surface area contributed by atoms with Crippen LogP contribution in [0.25, 0.3) is 0 Å². The summed E-state index contributed by atoms with van der Waals surface area (Å²) >= 11 is 1.68. The van der Waals surface area contributed by atoms with Crippen LogP contribution in [-0.2, 0) is 19.5 Å². The molecular formula is C21H27N7S. The Morgan fingerprint density at radius 2 is 1.90 bits per heavy atom. The number of aryl methyl sites for hydroxylation is 2. The van der Waals surface area contributed by atoms with Crippen LogP contribution in [0.1, 0.15) is 17.8 Å². The molecule has 3 aromatic rings. The minimum absolute atomic E-state index is 0.511. The van der Waals surface area contributed by atoms with Gasteiger partial charge in [0.05, 0.1) is 0 Å². The summed E-state index contributed by atoms with van der Waals surface area (Å²) in [5.41, 5.74) is 7.63. The Hall–Kier alpha value is -2.87. The SMILES string of the molecule is NC(=NCc1nccn1CCCc1ccccc1)N1CCN(c2nccs2)CC1. The predicted octanol–water partition coefficient (Wildman–Crippen LogP) is 2.61. The monoisotopic (exact) mass is 409 g/mol. The molecule has 0 amide bonds. The summed E-state index contributed by atoms with van der Waals surface area (Å²) in [5.74, 6) is 1.56. The summed E-state index contributed by atoms with van der Waals surface area (Å²) in [6.07, 6.45) is 7.86. The van der Waals surface area contributed by atoms with Crippen molar-refractivity contribution >= 4 is 22.4 Å². The van der Waals surface area contributed by atoms with E-state index >= 15 is 0 Å². The first-order chi connectivity index (χ1) is 14.3. The molecule has 2 N–H and O–H groups in total. The van der Waals surface area contributed by atoms with E-state index < -0.39 is 0 Å². The number of guanidine groups is 1. The molecule has 0 radical (unpaired) electrons. The van der Waals surface area contributed by atoms with Gasteiger partial charge in [-0.1, -0.05) is 30.3 Å². The van der Waals surface area contributed by atoms with E-state index in [1.807, 2.05) is 24.0 Å². The summed E-state index contributed by atoms with van der Waals surface area (Å²) in [7, 11) is 0. The van der Waals surface area contributed by atoms with Crippen molar-refractivity contribution in [2.24, 2.45) is 10.7 Å². The first-order valence-corrected chi connectivity index (χ1v) is 10.9. The molecule has 0 atom stereocenters. The average Bonchev–Trinajstić information content (AvgIpc) is 3.45. The van der Waals surface area contributed by atoms with Crippen LogP contribution in [0, 0.1) is 0 Å². The van der Waals surface area contributed by atoms with Gasteiger partial charge in [0.1, 0.15) is 12.4 Å². The maximum atomic E-state index is 6.26. The highest BCUT2D eigenvalue weighted by Gasteiger charge is 2.19. The summed E-state index contributed by atoms with van der Waals surface area (Å²) < 4.78 is 2.18. The third-order valence-electron chi connectivity index (χ3n) is 5.18. The van der Waals surface area contributed by atoms with Crippen LogP contribution in [0.15, 0.2) is 59.3 Å². The molecule has 8 heteroatoms. The number of hydrogen-bond acceptors (Lipinski definition) is 5. The normalized spacial score (nSPS) is 15.1. The Morgan fingerprint density at radius 3 is 2.66 bits per heavy atom. The zero-order valence-electron chi connectivity index (χ0n) is 16.5. The minimum atomic E-state index is 0.511. The molecule has 7 nitrogen and oxygen atoms in total. The van der Waals surface area contributed by atoms with E-state index in [1.165, 1.54) is 5.56 Å². The molecule has 1 aliphatic rings. The molecule has 2 aromatic heterocycles. The largest absolute Gasteiger partial charge is 0.370 e.